The van der Waals surface area contributed by atoms with E-state index in [1.54, 1.807) is 4.90 Å². The molecule has 0 aromatic carbocycles. The molecule has 2 N–H and O–H groups in total. The van der Waals surface area contributed by atoms with Gasteiger partial charge in [-0.1, -0.05) is 0 Å². The summed E-state index contributed by atoms with van der Waals surface area (Å²) in [6.07, 6.45) is 5.10. The van der Waals surface area contributed by atoms with Crippen molar-refractivity contribution in [1.29, 1.82) is 0 Å². The minimum atomic E-state index is -0.250. The van der Waals surface area contributed by atoms with E-state index >= 15 is 0 Å². The van der Waals surface area contributed by atoms with Gasteiger partial charge in [-0.05, 0) is 31.1 Å². The molecule has 0 radical (unpaired) electrons. The minimum Gasteiger partial charge on any atom is -0.351 e. The van der Waals surface area contributed by atoms with Crippen LogP contribution in [0.1, 0.15) is 25.7 Å². The number of nitrogens with two attached hydrogens (primary N) is 1. The van der Waals surface area contributed by atoms with Crippen LogP contribution in [0.2, 0.25) is 0 Å². The lowest BCUT2D eigenvalue weighted by Crippen LogP contribution is -2.42. The van der Waals surface area contributed by atoms with E-state index < -0.39 is 0 Å². The topological polar surface area (TPSA) is 46.3 Å². The van der Waals surface area contributed by atoms with Crippen molar-refractivity contribution < 1.29 is 4.79 Å². The highest BCUT2D eigenvalue weighted by Gasteiger charge is 2.44. The van der Waals surface area contributed by atoms with E-state index in [2.05, 4.69) is 0 Å². The number of rotatable bonds is 0. The van der Waals surface area contributed by atoms with Crippen LogP contribution in [0.25, 0.3) is 0 Å². The van der Waals surface area contributed by atoms with Crippen LogP contribution in [0.4, 0.5) is 4.79 Å². The Bertz CT molecular complexity index is 177. The molecule has 2 aliphatic rings. The summed E-state index contributed by atoms with van der Waals surface area (Å²) in [6.45, 7) is 1.77. The van der Waals surface area contributed by atoms with Crippen molar-refractivity contribution in [1.82, 2.24) is 4.90 Å². The smallest absolute Gasteiger partial charge is 0.314 e. The Hall–Kier alpha value is -0.730. The SMILES string of the molecule is NC(=O)N1CCC2(CC1)CC2. The Balaban J connectivity index is 1.89. The van der Waals surface area contributed by atoms with Crippen LogP contribution in [0.3, 0.4) is 0 Å². The average Bonchev–Trinajstić information content (AvgIpc) is 2.70. The van der Waals surface area contributed by atoms with E-state index in [0.717, 1.165) is 13.1 Å². The number of carbonyl (C=O) groups is 1. The molecule has 2 amide bonds. The zero-order valence-corrected chi connectivity index (χ0v) is 6.68. The van der Waals surface area contributed by atoms with E-state index in [-0.39, 0.29) is 6.03 Å². The van der Waals surface area contributed by atoms with Gasteiger partial charge in [-0.15, -0.1) is 0 Å². The monoisotopic (exact) mass is 154 g/mol. The molecule has 62 valence electrons. The Morgan fingerprint density at radius 3 is 2.09 bits per heavy atom. The summed E-state index contributed by atoms with van der Waals surface area (Å²) in [7, 11) is 0. The van der Waals surface area contributed by atoms with Crippen LogP contribution in [0.5, 0.6) is 0 Å². The summed E-state index contributed by atoms with van der Waals surface area (Å²) >= 11 is 0. The summed E-state index contributed by atoms with van der Waals surface area (Å²) in [5.41, 5.74) is 5.81. The first-order valence-corrected chi connectivity index (χ1v) is 4.26. The number of carbonyl (C=O) groups excluding carboxylic acids is 1. The van der Waals surface area contributed by atoms with Gasteiger partial charge in [-0.3, -0.25) is 0 Å². The lowest BCUT2D eigenvalue weighted by atomic mass is 9.94. The summed E-state index contributed by atoms with van der Waals surface area (Å²) < 4.78 is 0. The molecule has 1 spiro atoms. The van der Waals surface area contributed by atoms with E-state index in [0.29, 0.717) is 5.41 Å². The standard InChI is InChI=1S/C8H14N2O/c9-7(11)10-5-3-8(1-2-8)4-6-10/h1-6H2,(H2,9,11). The van der Waals surface area contributed by atoms with Gasteiger partial charge in [0.15, 0.2) is 0 Å². The first-order chi connectivity index (χ1) is 5.22. The number of likely N-dealkylation sites (tertiary alicyclic amines) is 1. The molecule has 0 atom stereocenters. The van der Waals surface area contributed by atoms with Crippen molar-refractivity contribution in [2.75, 3.05) is 13.1 Å². The second kappa shape index (κ2) is 2.13. The van der Waals surface area contributed by atoms with Gasteiger partial charge in [0, 0.05) is 13.1 Å². The molecule has 3 nitrogen and oxygen atoms in total. The largest absolute Gasteiger partial charge is 0.351 e. The lowest BCUT2D eigenvalue weighted by Gasteiger charge is -2.30. The van der Waals surface area contributed by atoms with Gasteiger partial charge >= 0.3 is 6.03 Å². The quantitative estimate of drug-likeness (QED) is 0.554. The fourth-order valence-electron chi connectivity index (χ4n) is 1.88. The van der Waals surface area contributed by atoms with Crippen molar-refractivity contribution in [2.45, 2.75) is 25.7 Å². The maximum absolute atomic E-state index is 10.7. The Kier molecular flexibility index (Phi) is 1.34. The average molecular weight is 154 g/mol. The molecule has 11 heavy (non-hydrogen) atoms. The van der Waals surface area contributed by atoms with E-state index in [4.69, 9.17) is 5.73 Å². The zero-order valence-electron chi connectivity index (χ0n) is 6.68. The maximum Gasteiger partial charge on any atom is 0.314 e. The van der Waals surface area contributed by atoms with Crippen molar-refractivity contribution >= 4 is 6.03 Å². The van der Waals surface area contributed by atoms with Gasteiger partial charge in [-0.2, -0.15) is 0 Å². The Labute approximate surface area is 66.5 Å². The third-order valence-corrected chi connectivity index (χ3v) is 3.09. The van der Waals surface area contributed by atoms with Crippen LogP contribution in [-0.2, 0) is 0 Å². The van der Waals surface area contributed by atoms with Crippen molar-refractivity contribution in [3.63, 3.8) is 0 Å². The molecule has 0 unspecified atom stereocenters. The van der Waals surface area contributed by atoms with Gasteiger partial charge < -0.3 is 10.6 Å². The van der Waals surface area contributed by atoms with Gasteiger partial charge in [-0.25, -0.2) is 4.79 Å². The number of urea groups is 1. The summed E-state index contributed by atoms with van der Waals surface area (Å²) in [5.74, 6) is 0. The van der Waals surface area contributed by atoms with Crippen molar-refractivity contribution in [3.8, 4) is 0 Å². The minimum absolute atomic E-state index is 0.250. The molecule has 1 saturated heterocycles. The summed E-state index contributed by atoms with van der Waals surface area (Å²) in [5, 5.41) is 0. The highest BCUT2D eigenvalue weighted by atomic mass is 16.2. The summed E-state index contributed by atoms with van der Waals surface area (Å²) in [4.78, 5) is 12.5. The predicted octanol–water partition coefficient (Wildman–Crippen LogP) is 0.941. The van der Waals surface area contributed by atoms with Gasteiger partial charge in [0.25, 0.3) is 0 Å². The molecule has 0 aromatic rings. The fourth-order valence-corrected chi connectivity index (χ4v) is 1.88. The number of hydrogen-bond acceptors (Lipinski definition) is 1. The second-order valence-corrected chi connectivity index (χ2v) is 3.83. The lowest BCUT2D eigenvalue weighted by molar-refractivity contribution is 0.173. The molecule has 2 rings (SSSR count). The molecule has 1 saturated carbocycles. The molecule has 1 aliphatic carbocycles. The number of piperidine rings is 1. The predicted molar refractivity (Wildman–Crippen MR) is 42.1 cm³/mol. The number of primary amides is 1. The second-order valence-electron chi connectivity index (χ2n) is 3.83. The fraction of sp³-hybridized carbons (Fsp3) is 0.875. The Morgan fingerprint density at radius 2 is 1.73 bits per heavy atom. The first-order valence-electron chi connectivity index (χ1n) is 4.26. The third-order valence-electron chi connectivity index (χ3n) is 3.09. The molecular weight excluding hydrogens is 140 g/mol. The van der Waals surface area contributed by atoms with E-state index in [1.165, 1.54) is 25.7 Å². The van der Waals surface area contributed by atoms with Crippen LogP contribution in [0, 0.1) is 5.41 Å². The number of nitrogens with zero attached hydrogens (tertiary/aromatic N) is 1. The highest BCUT2D eigenvalue weighted by Crippen LogP contribution is 2.53. The molecular formula is C8H14N2O. The molecule has 1 aliphatic heterocycles. The third kappa shape index (κ3) is 1.19. The molecule has 0 bridgehead atoms. The Morgan fingerprint density at radius 1 is 1.18 bits per heavy atom. The van der Waals surface area contributed by atoms with Gasteiger partial charge in [0.2, 0.25) is 0 Å². The first kappa shape index (κ1) is 6.95. The number of hydrogen-bond donors (Lipinski definition) is 1. The van der Waals surface area contributed by atoms with Gasteiger partial charge in [0.05, 0.1) is 0 Å². The zero-order chi connectivity index (χ0) is 7.90. The van der Waals surface area contributed by atoms with Crippen LogP contribution in [-0.4, -0.2) is 24.0 Å². The van der Waals surface area contributed by atoms with Crippen LogP contribution >= 0.6 is 0 Å². The molecule has 3 heteroatoms. The van der Waals surface area contributed by atoms with Crippen molar-refractivity contribution in [3.05, 3.63) is 0 Å². The van der Waals surface area contributed by atoms with Crippen LogP contribution < -0.4 is 5.73 Å². The number of amides is 2. The van der Waals surface area contributed by atoms with E-state index in [1.807, 2.05) is 0 Å². The molecule has 0 aromatic heterocycles. The highest BCUT2D eigenvalue weighted by molar-refractivity contribution is 5.72. The van der Waals surface area contributed by atoms with E-state index in [9.17, 15) is 4.79 Å². The maximum atomic E-state index is 10.7. The molecule has 1 heterocycles. The summed E-state index contributed by atoms with van der Waals surface area (Å²) in [6, 6.07) is -0.250. The molecule has 2 fully saturated rings. The van der Waals surface area contributed by atoms with Gasteiger partial charge in [0.1, 0.15) is 0 Å². The normalized spacial score (nSPS) is 27.1. The van der Waals surface area contributed by atoms with Crippen molar-refractivity contribution in [2.24, 2.45) is 11.1 Å². The van der Waals surface area contributed by atoms with Crippen LogP contribution in [0.15, 0.2) is 0 Å².